The van der Waals surface area contributed by atoms with E-state index in [2.05, 4.69) is 6.92 Å². The summed E-state index contributed by atoms with van der Waals surface area (Å²) < 4.78 is 21.2. The summed E-state index contributed by atoms with van der Waals surface area (Å²) in [6.45, 7) is 2.14. The number of carbonyl (C=O) groups is 1. The van der Waals surface area contributed by atoms with E-state index < -0.39 is 7.60 Å². The monoisotopic (exact) mass is 234 g/mol. The van der Waals surface area contributed by atoms with Gasteiger partial charge in [0, 0.05) is 20.1 Å². The Hall–Kier alpha value is -0.180. The summed E-state index contributed by atoms with van der Waals surface area (Å²) in [5, 5.41) is 0. The van der Waals surface area contributed by atoms with Crippen molar-refractivity contribution in [2.75, 3.05) is 20.4 Å². The summed E-state index contributed by atoms with van der Waals surface area (Å²) >= 11 is 0. The van der Waals surface area contributed by atoms with Crippen LogP contribution in [0.2, 0.25) is 0 Å². The van der Waals surface area contributed by atoms with Gasteiger partial charge in [-0.05, 0) is 25.2 Å². The normalized spacial score (nSPS) is 26.9. The van der Waals surface area contributed by atoms with E-state index in [1.807, 2.05) is 0 Å². The Balaban J connectivity index is 2.52. The van der Waals surface area contributed by atoms with Crippen LogP contribution in [-0.4, -0.2) is 26.2 Å². The van der Waals surface area contributed by atoms with Crippen LogP contribution in [-0.2, 0) is 18.4 Å². The van der Waals surface area contributed by atoms with Crippen LogP contribution in [0.5, 0.6) is 0 Å². The molecule has 1 aliphatic rings. The third-order valence-corrected chi connectivity index (χ3v) is 4.87. The first kappa shape index (κ1) is 12.9. The van der Waals surface area contributed by atoms with Crippen LogP contribution in [0.15, 0.2) is 0 Å². The highest BCUT2D eigenvalue weighted by molar-refractivity contribution is 7.54. The Morgan fingerprint density at radius 3 is 2.33 bits per heavy atom. The maximum atomic E-state index is 11.8. The smallest absolute Gasteiger partial charge is 0.312 e. The lowest BCUT2D eigenvalue weighted by molar-refractivity contribution is -0.120. The van der Waals surface area contributed by atoms with Crippen molar-refractivity contribution >= 4 is 13.4 Å². The molecule has 0 aromatic rings. The number of hydrogen-bond acceptors (Lipinski definition) is 4. The summed E-state index contributed by atoms with van der Waals surface area (Å²) in [4.78, 5) is 11.8. The van der Waals surface area contributed by atoms with Crippen molar-refractivity contribution in [3.8, 4) is 0 Å². The number of hydrogen-bond donors (Lipinski definition) is 0. The molecule has 2 unspecified atom stereocenters. The molecular weight excluding hydrogens is 215 g/mol. The van der Waals surface area contributed by atoms with Gasteiger partial charge in [0.05, 0.1) is 0 Å². The highest BCUT2D eigenvalue weighted by Crippen LogP contribution is 2.47. The molecule has 0 aromatic heterocycles. The van der Waals surface area contributed by atoms with Gasteiger partial charge in [0.15, 0.2) is 0 Å². The largest absolute Gasteiger partial charge is 0.337 e. The number of rotatable bonds is 5. The van der Waals surface area contributed by atoms with Gasteiger partial charge in [-0.15, -0.1) is 0 Å². The van der Waals surface area contributed by atoms with Gasteiger partial charge in [-0.1, -0.05) is 6.92 Å². The van der Waals surface area contributed by atoms with E-state index in [9.17, 15) is 9.36 Å². The molecule has 1 rings (SSSR count). The molecule has 1 fully saturated rings. The van der Waals surface area contributed by atoms with Crippen molar-refractivity contribution in [1.29, 1.82) is 0 Å². The first-order valence-electron chi connectivity index (χ1n) is 5.24. The van der Waals surface area contributed by atoms with Gasteiger partial charge >= 0.3 is 7.60 Å². The molecule has 2 atom stereocenters. The Morgan fingerprint density at radius 1 is 1.33 bits per heavy atom. The Bertz CT molecular complexity index is 269. The van der Waals surface area contributed by atoms with Gasteiger partial charge in [-0.2, -0.15) is 0 Å². The van der Waals surface area contributed by atoms with Crippen LogP contribution in [0.3, 0.4) is 0 Å². The lowest BCUT2D eigenvalue weighted by Crippen LogP contribution is -2.16. The summed E-state index contributed by atoms with van der Waals surface area (Å²) in [7, 11) is -0.530. The number of ketones is 1. The van der Waals surface area contributed by atoms with Crippen molar-refractivity contribution in [2.45, 2.75) is 26.2 Å². The van der Waals surface area contributed by atoms with Crippen LogP contribution >= 0.6 is 7.60 Å². The average molecular weight is 234 g/mol. The highest BCUT2D eigenvalue weighted by atomic mass is 31.2. The first-order chi connectivity index (χ1) is 7.00. The Labute approximate surface area is 90.9 Å². The fraction of sp³-hybridized carbons (Fsp3) is 0.900. The number of carbonyl (C=O) groups excluding carboxylic acids is 1. The molecule has 0 aromatic carbocycles. The number of Topliss-reactive ketones (excluding diaryl/α,β-unsaturated/α-hetero) is 1. The predicted molar refractivity (Wildman–Crippen MR) is 58.0 cm³/mol. The van der Waals surface area contributed by atoms with Gasteiger partial charge in [0.1, 0.15) is 11.9 Å². The van der Waals surface area contributed by atoms with Crippen LogP contribution in [0.25, 0.3) is 0 Å². The predicted octanol–water partition coefficient (Wildman–Crippen LogP) is 2.48. The molecule has 0 spiro atoms. The van der Waals surface area contributed by atoms with Crippen molar-refractivity contribution in [2.24, 2.45) is 11.8 Å². The van der Waals surface area contributed by atoms with Crippen molar-refractivity contribution < 1.29 is 18.4 Å². The van der Waals surface area contributed by atoms with Gasteiger partial charge < -0.3 is 9.05 Å². The zero-order valence-corrected chi connectivity index (χ0v) is 10.5. The van der Waals surface area contributed by atoms with Gasteiger partial charge in [-0.25, -0.2) is 0 Å². The summed E-state index contributed by atoms with van der Waals surface area (Å²) in [6, 6.07) is 0. The van der Waals surface area contributed by atoms with E-state index in [0.717, 1.165) is 19.3 Å². The molecule has 0 aliphatic heterocycles. The molecule has 1 aliphatic carbocycles. The van der Waals surface area contributed by atoms with Gasteiger partial charge in [0.2, 0.25) is 0 Å². The molecule has 1 saturated carbocycles. The van der Waals surface area contributed by atoms with E-state index in [1.54, 1.807) is 0 Å². The maximum Gasteiger partial charge on any atom is 0.337 e. The molecule has 88 valence electrons. The molecule has 0 amide bonds. The molecule has 0 bridgehead atoms. The van der Waals surface area contributed by atoms with Crippen LogP contribution < -0.4 is 0 Å². The molecular formula is C10H19O4P. The van der Waals surface area contributed by atoms with E-state index in [-0.39, 0.29) is 17.9 Å². The lowest BCUT2D eigenvalue weighted by Gasteiger charge is -2.15. The minimum Gasteiger partial charge on any atom is -0.312 e. The maximum absolute atomic E-state index is 11.8. The fourth-order valence-corrected chi connectivity index (χ4v) is 3.07. The van der Waals surface area contributed by atoms with Crippen molar-refractivity contribution in [1.82, 2.24) is 0 Å². The van der Waals surface area contributed by atoms with Gasteiger partial charge in [-0.3, -0.25) is 9.36 Å². The molecule has 0 heterocycles. The van der Waals surface area contributed by atoms with Crippen molar-refractivity contribution in [3.63, 3.8) is 0 Å². The quantitative estimate of drug-likeness (QED) is 0.686. The first-order valence-corrected chi connectivity index (χ1v) is 6.97. The molecule has 5 heteroatoms. The zero-order chi connectivity index (χ0) is 11.5. The zero-order valence-electron chi connectivity index (χ0n) is 9.56. The Kier molecular flexibility index (Phi) is 4.50. The second-order valence-corrected chi connectivity index (χ2v) is 6.48. The summed E-state index contributed by atoms with van der Waals surface area (Å²) in [6.07, 6.45) is 2.82. The second kappa shape index (κ2) is 5.24. The molecule has 0 radical (unpaired) electrons. The lowest BCUT2D eigenvalue weighted by atomic mass is 10.0. The average Bonchev–Trinajstić information content (AvgIpc) is 2.65. The Morgan fingerprint density at radius 2 is 1.93 bits per heavy atom. The fourth-order valence-electron chi connectivity index (χ4n) is 2.02. The van der Waals surface area contributed by atoms with Crippen molar-refractivity contribution in [3.05, 3.63) is 0 Å². The standard InChI is InChI=1S/C10H19O4P/c1-8-4-5-9(6-8)10(11)7-15(12,13-2)14-3/h8-9H,4-7H2,1-3H3. The van der Waals surface area contributed by atoms with E-state index >= 15 is 0 Å². The second-order valence-electron chi connectivity index (χ2n) is 4.22. The SMILES string of the molecule is COP(=O)(CC(=O)C1CCC(C)C1)OC. The van der Waals surface area contributed by atoms with Crippen LogP contribution in [0, 0.1) is 11.8 Å². The van der Waals surface area contributed by atoms with Crippen LogP contribution in [0.1, 0.15) is 26.2 Å². The summed E-state index contributed by atoms with van der Waals surface area (Å²) in [5.41, 5.74) is 0. The highest BCUT2D eigenvalue weighted by Gasteiger charge is 2.33. The third-order valence-electron chi connectivity index (χ3n) is 3.06. The molecule has 15 heavy (non-hydrogen) atoms. The van der Waals surface area contributed by atoms with Gasteiger partial charge in [0.25, 0.3) is 0 Å². The molecule has 0 N–H and O–H groups in total. The molecule has 4 nitrogen and oxygen atoms in total. The van der Waals surface area contributed by atoms with E-state index in [1.165, 1.54) is 14.2 Å². The molecule has 0 saturated heterocycles. The minimum absolute atomic E-state index is 0.0198. The third kappa shape index (κ3) is 3.40. The van der Waals surface area contributed by atoms with E-state index in [4.69, 9.17) is 9.05 Å². The minimum atomic E-state index is -3.16. The van der Waals surface area contributed by atoms with Crippen LogP contribution in [0.4, 0.5) is 0 Å². The van der Waals surface area contributed by atoms with E-state index in [0.29, 0.717) is 5.92 Å². The summed E-state index contributed by atoms with van der Waals surface area (Å²) in [5.74, 6) is 0.674. The topological polar surface area (TPSA) is 52.6 Å².